The van der Waals surface area contributed by atoms with Crippen LogP contribution in [0.15, 0.2) is 24.3 Å². The minimum atomic E-state index is -0.0411. The van der Waals surface area contributed by atoms with Gasteiger partial charge in [0.05, 0.1) is 16.8 Å². The Morgan fingerprint density at radius 1 is 1.26 bits per heavy atom. The average molecular weight is 419 g/mol. The quantitative estimate of drug-likeness (QED) is 0.607. The molecule has 1 atom stereocenters. The molecule has 0 radical (unpaired) electrons. The zero-order valence-electron chi connectivity index (χ0n) is 17.8. The molecule has 8 nitrogen and oxygen atoms in total. The van der Waals surface area contributed by atoms with Crippen molar-refractivity contribution in [1.29, 1.82) is 0 Å². The molecule has 2 aliphatic rings. The molecule has 1 saturated heterocycles. The van der Waals surface area contributed by atoms with Crippen molar-refractivity contribution in [2.45, 2.75) is 39.2 Å². The number of hydrogen-bond acceptors (Lipinski definition) is 5. The van der Waals surface area contributed by atoms with Crippen LogP contribution in [0.5, 0.6) is 0 Å². The number of aromatic nitrogens is 3. The van der Waals surface area contributed by atoms with Crippen molar-refractivity contribution < 1.29 is 9.59 Å². The molecule has 3 aromatic rings. The number of carbonyl (C=O) groups is 2. The summed E-state index contributed by atoms with van der Waals surface area (Å²) >= 11 is 0. The van der Waals surface area contributed by atoms with E-state index in [1.807, 2.05) is 36.1 Å². The van der Waals surface area contributed by atoms with Crippen molar-refractivity contribution in [2.75, 3.05) is 25.0 Å². The molecule has 5 rings (SSSR count). The number of anilines is 1. The number of rotatable bonds is 3. The number of amides is 2. The Hall–Kier alpha value is -3.42. The van der Waals surface area contributed by atoms with Gasteiger partial charge in [0.1, 0.15) is 11.3 Å². The van der Waals surface area contributed by atoms with E-state index in [2.05, 4.69) is 15.6 Å². The Morgan fingerprint density at radius 2 is 2.13 bits per heavy atom. The molecule has 2 aliphatic heterocycles. The first-order valence-electron chi connectivity index (χ1n) is 10.8. The van der Waals surface area contributed by atoms with Gasteiger partial charge >= 0.3 is 0 Å². The molecule has 1 unspecified atom stereocenters. The Morgan fingerprint density at radius 3 is 2.94 bits per heavy atom. The van der Waals surface area contributed by atoms with E-state index >= 15 is 0 Å². The van der Waals surface area contributed by atoms with Crippen molar-refractivity contribution >= 4 is 28.7 Å². The van der Waals surface area contributed by atoms with Crippen LogP contribution >= 0.6 is 0 Å². The van der Waals surface area contributed by atoms with Gasteiger partial charge in [-0.15, -0.1) is 0 Å². The van der Waals surface area contributed by atoms with Gasteiger partial charge in [0.2, 0.25) is 5.91 Å². The van der Waals surface area contributed by atoms with E-state index in [-0.39, 0.29) is 17.9 Å². The first kappa shape index (κ1) is 19.5. The van der Waals surface area contributed by atoms with Crippen molar-refractivity contribution in [1.82, 2.24) is 25.2 Å². The molecular weight excluding hydrogens is 392 g/mol. The number of H-pyrrole nitrogens is 1. The van der Waals surface area contributed by atoms with E-state index in [0.717, 1.165) is 65.3 Å². The van der Waals surface area contributed by atoms with E-state index in [1.165, 1.54) is 0 Å². The summed E-state index contributed by atoms with van der Waals surface area (Å²) in [6.45, 7) is 5.70. The molecule has 2 amide bonds. The van der Waals surface area contributed by atoms with Gasteiger partial charge in [-0.05, 0) is 31.9 Å². The number of piperidine rings is 1. The number of hydrogen-bond donors (Lipinski definition) is 3. The number of nitrogens with zero attached hydrogens (tertiary/aromatic N) is 3. The van der Waals surface area contributed by atoms with Gasteiger partial charge in [0, 0.05) is 56.0 Å². The summed E-state index contributed by atoms with van der Waals surface area (Å²) in [7, 11) is 0. The van der Waals surface area contributed by atoms with E-state index in [9.17, 15) is 9.59 Å². The van der Waals surface area contributed by atoms with E-state index in [4.69, 9.17) is 9.97 Å². The third-order valence-corrected chi connectivity index (χ3v) is 6.17. The van der Waals surface area contributed by atoms with Crippen LogP contribution in [0.4, 0.5) is 5.82 Å². The lowest BCUT2D eigenvalue weighted by molar-refractivity contribution is -0.129. The largest absolute Gasteiger partial charge is 0.364 e. The highest BCUT2D eigenvalue weighted by Gasteiger charge is 2.24. The highest BCUT2D eigenvalue weighted by Crippen LogP contribution is 2.30. The maximum absolute atomic E-state index is 12.2. The Labute approximate surface area is 180 Å². The first-order valence-corrected chi connectivity index (χ1v) is 10.8. The second-order valence-corrected chi connectivity index (χ2v) is 8.36. The number of aryl methyl sites for hydroxylation is 1. The van der Waals surface area contributed by atoms with Crippen LogP contribution in [0.25, 0.3) is 22.3 Å². The first-order chi connectivity index (χ1) is 15.0. The molecule has 0 spiro atoms. The summed E-state index contributed by atoms with van der Waals surface area (Å²) < 4.78 is 0. The average Bonchev–Trinajstić information content (AvgIpc) is 3.20. The van der Waals surface area contributed by atoms with Crippen LogP contribution in [0.2, 0.25) is 0 Å². The normalized spacial score (nSPS) is 18.6. The summed E-state index contributed by atoms with van der Waals surface area (Å²) in [6.07, 6.45) is 2.75. The molecule has 0 saturated carbocycles. The van der Waals surface area contributed by atoms with E-state index < -0.39 is 0 Å². The third-order valence-electron chi connectivity index (χ3n) is 6.17. The molecule has 2 aromatic heterocycles. The zero-order valence-corrected chi connectivity index (χ0v) is 17.8. The summed E-state index contributed by atoms with van der Waals surface area (Å²) in [5.41, 5.74) is 5.88. The molecule has 0 bridgehead atoms. The molecule has 160 valence electrons. The van der Waals surface area contributed by atoms with E-state index in [1.54, 1.807) is 6.92 Å². The highest BCUT2D eigenvalue weighted by molar-refractivity contribution is 5.99. The molecule has 0 aliphatic carbocycles. The lowest BCUT2D eigenvalue weighted by Crippen LogP contribution is -2.44. The van der Waals surface area contributed by atoms with E-state index in [0.29, 0.717) is 18.7 Å². The summed E-state index contributed by atoms with van der Waals surface area (Å²) in [5, 5.41) is 6.41. The zero-order chi connectivity index (χ0) is 21.5. The number of likely N-dealkylation sites (tertiary alicyclic amines) is 1. The van der Waals surface area contributed by atoms with Gasteiger partial charge in [-0.1, -0.05) is 12.1 Å². The van der Waals surface area contributed by atoms with Crippen molar-refractivity contribution in [3.63, 3.8) is 0 Å². The fraction of sp³-hybridized carbons (Fsp3) is 0.391. The van der Waals surface area contributed by atoms with Gasteiger partial charge in [0.15, 0.2) is 0 Å². The second kappa shape index (κ2) is 7.68. The van der Waals surface area contributed by atoms with Crippen molar-refractivity contribution in [2.24, 2.45) is 0 Å². The molecule has 8 heteroatoms. The second-order valence-electron chi connectivity index (χ2n) is 8.36. The number of aromatic amines is 1. The smallest absolute Gasteiger partial charge is 0.253 e. The number of nitrogens with one attached hydrogen (secondary N) is 3. The molecular formula is C23H26N6O2. The van der Waals surface area contributed by atoms with Gasteiger partial charge in [-0.25, -0.2) is 9.97 Å². The number of para-hydroxylation sites is 1. The summed E-state index contributed by atoms with van der Waals surface area (Å²) in [4.78, 5) is 39.0. The maximum atomic E-state index is 12.2. The predicted molar refractivity (Wildman–Crippen MR) is 119 cm³/mol. The number of carbonyl (C=O) groups excluding carboxylic acids is 2. The number of benzene rings is 1. The van der Waals surface area contributed by atoms with Crippen LogP contribution in [0.3, 0.4) is 0 Å². The minimum Gasteiger partial charge on any atom is -0.364 e. The van der Waals surface area contributed by atoms with Crippen molar-refractivity contribution in [3.8, 4) is 11.3 Å². The fourth-order valence-electron chi connectivity index (χ4n) is 4.53. The Balaban J connectivity index is 1.51. The van der Waals surface area contributed by atoms with Crippen LogP contribution in [-0.4, -0.2) is 57.3 Å². The molecule has 1 aromatic carbocycles. The lowest BCUT2D eigenvalue weighted by atomic mass is 10.1. The minimum absolute atomic E-state index is 0.0411. The van der Waals surface area contributed by atoms with Crippen LogP contribution in [0, 0.1) is 6.92 Å². The fourth-order valence-corrected chi connectivity index (χ4v) is 4.53. The van der Waals surface area contributed by atoms with Crippen LogP contribution in [-0.2, 0) is 11.2 Å². The monoisotopic (exact) mass is 418 g/mol. The lowest BCUT2D eigenvalue weighted by Gasteiger charge is -2.33. The maximum Gasteiger partial charge on any atom is 0.253 e. The summed E-state index contributed by atoms with van der Waals surface area (Å²) in [5.74, 6) is 0.805. The Bertz CT molecular complexity index is 1180. The molecule has 31 heavy (non-hydrogen) atoms. The topological polar surface area (TPSA) is 103 Å². The van der Waals surface area contributed by atoms with Crippen molar-refractivity contribution in [3.05, 3.63) is 41.2 Å². The van der Waals surface area contributed by atoms with Gasteiger partial charge in [-0.3, -0.25) is 9.59 Å². The van der Waals surface area contributed by atoms with Gasteiger partial charge in [0.25, 0.3) is 5.91 Å². The van der Waals surface area contributed by atoms with Crippen LogP contribution in [0.1, 0.15) is 41.5 Å². The molecule has 1 fully saturated rings. The Kier molecular flexibility index (Phi) is 4.84. The summed E-state index contributed by atoms with van der Waals surface area (Å²) in [6, 6.07) is 7.97. The SMILES string of the molecule is CC(=O)N1CCCC(Nc2nc3c(-c4cc5c([nH]4)CCNC5=O)cccc3nc2C)C1. The molecule has 3 N–H and O–H groups in total. The van der Waals surface area contributed by atoms with Gasteiger partial charge < -0.3 is 20.5 Å². The predicted octanol–water partition coefficient (Wildman–Crippen LogP) is 2.64. The highest BCUT2D eigenvalue weighted by atomic mass is 16.2. The molecule has 4 heterocycles. The number of fused-ring (bicyclic) bond motifs is 2. The third kappa shape index (κ3) is 3.62. The van der Waals surface area contributed by atoms with Gasteiger partial charge in [-0.2, -0.15) is 0 Å². The van der Waals surface area contributed by atoms with Crippen LogP contribution < -0.4 is 10.6 Å². The standard InChI is InChI=1S/C23H26N6O2/c1-13-22(26-15-5-4-10-29(12-15)14(2)30)28-21-16(6-3-7-19(21)25-13)20-11-17-18(27-20)8-9-24-23(17)31/h3,6-7,11,15,27H,4-5,8-10,12H2,1-2H3,(H,24,31)(H,26,28).